The average Bonchev–Trinajstić information content (AvgIpc) is 2.65. The fourth-order valence-electron chi connectivity index (χ4n) is 3.15. The molecular weight excluding hydrogens is 282 g/mol. The van der Waals surface area contributed by atoms with Crippen LogP contribution in [0.2, 0.25) is 5.02 Å². The van der Waals surface area contributed by atoms with Gasteiger partial charge in [-0.2, -0.15) is 5.10 Å². The van der Waals surface area contributed by atoms with Crippen molar-refractivity contribution >= 4 is 11.6 Å². The van der Waals surface area contributed by atoms with Gasteiger partial charge in [-0.15, -0.1) is 0 Å². The third kappa shape index (κ3) is 3.14. The third-order valence-electron chi connectivity index (χ3n) is 3.97. The first kappa shape index (κ1) is 16.1. The molecule has 0 aliphatic carbocycles. The van der Waals surface area contributed by atoms with Crippen molar-refractivity contribution in [1.29, 1.82) is 0 Å². The molecule has 1 heterocycles. The Labute approximate surface area is 132 Å². The fourth-order valence-corrected chi connectivity index (χ4v) is 3.36. The summed E-state index contributed by atoms with van der Waals surface area (Å²) in [5.74, 6) is 0. The SMILES string of the molecule is CCn1nc(C)c(Cl)c1CC(N)c1c(C)cc(C)cc1C. The molecule has 4 heteroatoms. The molecule has 0 aliphatic heterocycles. The van der Waals surface area contributed by atoms with Crippen LogP contribution in [0.3, 0.4) is 0 Å². The van der Waals surface area contributed by atoms with Gasteiger partial charge < -0.3 is 5.73 Å². The summed E-state index contributed by atoms with van der Waals surface area (Å²) < 4.78 is 1.95. The lowest BCUT2D eigenvalue weighted by molar-refractivity contribution is 0.585. The van der Waals surface area contributed by atoms with Crippen molar-refractivity contribution in [2.75, 3.05) is 0 Å². The lowest BCUT2D eigenvalue weighted by Gasteiger charge is -2.19. The quantitative estimate of drug-likeness (QED) is 0.926. The van der Waals surface area contributed by atoms with E-state index < -0.39 is 0 Å². The van der Waals surface area contributed by atoms with Crippen molar-refractivity contribution in [3.63, 3.8) is 0 Å². The van der Waals surface area contributed by atoms with Gasteiger partial charge in [0.05, 0.1) is 16.4 Å². The van der Waals surface area contributed by atoms with Gasteiger partial charge in [0.2, 0.25) is 0 Å². The van der Waals surface area contributed by atoms with Crippen molar-refractivity contribution < 1.29 is 0 Å². The van der Waals surface area contributed by atoms with Gasteiger partial charge in [-0.05, 0) is 51.3 Å². The average molecular weight is 306 g/mol. The number of aryl methyl sites for hydroxylation is 5. The van der Waals surface area contributed by atoms with Crippen LogP contribution in [0.4, 0.5) is 0 Å². The van der Waals surface area contributed by atoms with Gasteiger partial charge in [-0.3, -0.25) is 4.68 Å². The van der Waals surface area contributed by atoms with Crippen molar-refractivity contribution in [2.45, 2.75) is 53.6 Å². The summed E-state index contributed by atoms with van der Waals surface area (Å²) >= 11 is 6.39. The molecule has 2 aromatic rings. The highest BCUT2D eigenvalue weighted by Gasteiger charge is 2.19. The Hall–Kier alpha value is -1.32. The molecular formula is C17H24ClN3. The number of nitrogens with zero attached hydrogens (tertiary/aromatic N) is 2. The predicted octanol–water partition coefficient (Wildman–Crippen LogP) is 4.03. The Bertz CT molecular complexity index is 635. The maximum absolute atomic E-state index is 6.48. The van der Waals surface area contributed by atoms with E-state index in [4.69, 9.17) is 17.3 Å². The van der Waals surface area contributed by atoms with Crippen molar-refractivity contribution in [1.82, 2.24) is 9.78 Å². The minimum atomic E-state index is -0.0653. The molecule has 3 nitrogen and oxygen atoms in total. The van der Waals surface area contributed by atoms with Crippen LogP contribution in [0.1, 0.15) is 46.6 Å². The van der Waals surface area contributed by atoms with Gasteiger partial charge in [0.1, 0.15) is 0 Å². The summed E-state index contributed by atoms with van der Waals surface area (Å²) in [6.07, 6.45) is 0.707. The first-order valence-corrected chi connectivity index (χ1v) is 7.78. The number of rotatable bonds is 4. The van der Waals surface area contributed by atoms with Gasteiger partial charge in [-0.25, -0.2) is 0 Å². The maximum atomic E-state index is 6.48. The second-order valence-electron chi connectivity index (χ2n) is 5.78. The van der Waals surface area contributed by atoms with E-state index in [1.807, 2.05) is 11.6 Å². The number of benzene rings is 1. The van der Waals surface area contributed by atoms with E-state index in [0.717, 1.165) is 23.0 Å². The molecule has 2 rings (SSSR count). The Kier molecular flexibility index (Phi) is 4.74. The van der Waals surface area contributed by atoms with Gasteiger partial charge in [0.15, 0.2) is 0 Å². The van der Waals surface area contributed by atoms with Crippen LogP contribution in [0.5, 0.6) is 0 Å². The van der Waals surface area contributed by atoms with E-state index in [9.17, 15) is 0 Å². The van der Waals surface area contributed by atoms with Crippen LogP contribution in [0.25, 0.3) is 0 Å². The molecule has 0 bridgehead atoms. The van der Waals surface area contributed by atoms with Crippen LogP contribution < -0.4 is 5.73 Å². The second-order valence-corrected chi connectivity index (χ2v) is 6.16. The molecule has 0 aliphatic rings. The summed E-state index contributed by atoms with van der Waals surface area (Å²) in [5.41, 5.74) is 13.4. The molecule has 0 spiro atoms. The first-order chi connectivity index (χ1) is 9.85. The van der Waals surface area contributed by atoms with Crippen molar-refractivity contribution in [3.8, 4) is 0 Å². The Morgan fingerprint density at radius 2 is 1.76 bits per heavy atom. The Morgan fingerprint density at radius 1 is 1.19 bits per heavy atom. The molecule has 0 amide bonds. The van der Waals surface area contributed by atoms with Gasteiger partial charge in [-0.1, -0.05) is 29.3 Å². The molecule has 21 heavy (non-hydrogen) atoms. The van der Waals surface area contributed by atoms with E-state index in [1.54, 1.807) is 0 Å². The van der Waals surface area contributed by atoms with Crippen LogP contribution >= 0.6 is 11.6 Å². The monoisotopic (exact) mass is 305 g/mol. The topological polar surface area (TPSA) is 43.8 Å². The molecule has 1 atom stereocenters. The lowest BCUT2D eigenvalue weighted by atomic mass is 9.92. The molecule has 0 saturated heterocycles. The summed E-state index contributed by atoms with van der Waals surface area (Å²) in [6, 6.07) is 4.31. The summed E-state index contributed by atoms with van der Waals surface area (Å²) in [5, 5.41) is 5.21. The van der Waals surface area contributed by atoms with Gasteiger partial charge in [0, 0.05) is 19.0 Å². The normalized spacial score (nSPS) is 12.7. The highest BCUT2D eigenvalue weighted by atomic mass is 35.5. The van der Waals surface area contributed by atoms with Gasteiger partial charge >= 0.3 is 0 Å². The van der Waals surface area contributed by atoms with E-state index in [0.29, 0.717) is 6.42 Å². The zero-order valence-corrected chi connectivity index (χ0v) is 14.3. The smallest absolute Gasteiger partial charge is 0.0847 e. The summed E-state index contributed by atoms with van der Waals surface area (Å²) in [7, 11) is 0. The molecule has 2 N–H and O–H groups in total. The number of aromatic nitrogens is 2. The molecule has 0 saturated carbocycles. The zero-order chi connectivity index (χ0) is 15.7. The van der Waals surface area contributed by atoms with Crippen LogP contribution in [0.15, 0.2) is 12.1 Å². The highest BCUT2D eigenvalue weighted by molar-refractivity contribution is 6.31. The van der Waals surface area contributed by atoms with Gasteiger partial charge in [0.25, 0.3) is 0 Å². The molecule has 1 unspecified atom stereocenters. The minimum Gasteiger partial charge on any atom is -0.324 e. The fraction of sp³-hybridized carbons (Fsp3) is 0.471. The van der Waals surface area contributed by atoms with E-state index in [2.05, 4.69) is 44.9 Å². The summed E-state index contributed by atoms with van der Waals surface area (Å²) in [6.45, 7) is 11.2. The minimum absolute atomic E-state index is 0.0653. The number of nitrogens with two attached hydrogens (primary N) is 1. The standard InChI is InChI=1S/C17H24ClN3/c1-6-21-15(17(18)13(5)20-21)9-14(19)16-11(3)7-10(2)8-12(16)4/h7-8,14H,6,9,19H2,1-5H3. The molecule has 0 radical (unpaired) electrons. The molecule has 114 valence electrons. The predicted molar refractivity (Wildman–Crippen MR) is 88.9 cm³/mol. The van der Waals surface area contributed by atoms with Crippen LogP contribution in [0, 0.1) is 27.7 Å². The van der Waals surface area contributed by atoms with Crippen molar-refractivity contribution in [3.05, 3.63) is 50.8 Å². The number of hydrogen-bond acceptors (Lipinski definition) is 2. The zero-order valence-electron chi connectivity index (χ0n) is 13.5. The largest absolute Gasteiger partial charge is 0.324 e. The Morgan fingerprint density at radius 3 is 2.29 bits per heavy atom. The Balaban J connectivity index is 2.37. The van der Waals surface area contributed by atoms with Crippen molar-refractivity contribution in [2.24, 2.45) is 5.73 Å². The van der Waals surface area contributed by atoms with Crippen LogP contribution in [-0.2, 0) is 13.0 Å². The highest BCUT2D eigenvalue weighted by Crippen LogP contribution is 2.28. The third-order valence-corrected chi connectivity index (χ3v) is 4.47. The lowest BCUT2D eigenvalue weighted by Crippen LogP contribution is -2.18. The number of halogens is 1. The molecule has 1 aromatic heterocycles. The summed E-state index contributed by atoms with van der Waals surface area (Å²) in [4.78, 5) is 0. The van der Waals surface area contributed by atoms with E-state index in [1.165, 1.54) is 22.3 Å². The maximum Gasteiger partial charge on any atom is 0.0847 e. The van der Waals surface area contributed by atoms with Crippen LogP contribution in [-0.4, -0.2) is 9.78 Å². The number of hydrogen-bond donors (Lipinski definition) is 1. The van der Waals surface area contributed by atoms with E-state index in [-0.39, 0.29) is 6.04 Å². The molecule has 0 fully saturated rings. The first-order valence-electron chi connectivity index (χ1n) is 7.40. The molecule has 1 aromatic carbocycles. The second kappa shape index (κ2) is 6.20. The van der Waals surface area contributed by atoms with E-state index >= 15 is 0 Å².